The number of amidine groups is 1. The second-order valence-electron chi connectivity index (χ2n) is 6.58. The van der Waals surface area contributed by atoms with Crippen molar-refractivity contribution in [3.8, 4) is 0 Å². The minimum Gasteiger partial charge on any atom is -0.398 e. The van der Waals surface area contributed by atoms with Gasteiger partial charge in [0, 0.05) is 23.8 Å². The number of hydrogen-bond acceptors (Lipinski definition) is 4. The zero-order valence-corrected chi connectivity index (χ0v) is 15.2. The van der Waals surface area contributed by atoms with Crippen molar-refractivity contribution >= 4 is 17.4 Å². The largest absolute Gasteiger partial charge is 0.398 e. The van der Waals surface area contributed by atoms with E-state index in [1.807, 2.05) is 24.3 Å². The molecule has 0 aromatic heterocycles. The molecule has 1 aromatic rings. The van der Waals surface area contributed by atoms with Gasteiger partial charge in [-0.05, 0) is 50.9 Å². The van der Waals surface area contributed by atoms with Crippen molar-refractivity contribution < 1.29 is 4.79 Å². The second kappa shape index (κ2) is 9.99. The maximum atomic E-state index is 12.0. The quantitative estimate of drug-likeness (QED) is 0.526. The Labute approximate surface area is 150 Å². The Hall–Kier alpha value is -2.14. The Morgan fingerprint density at radius 3 is 2.72 bits per heavy atom. The van der Waals surface area contributed by atoms with Crippen molar-refractivity contribution in [2.45, 2.75) is 45.4 Å². The monoisotopic (exact) mass is 342 g/mol. The number of carbonyl (C=O) groups is 1. The number of piperidine rings is 1. The first-order chi connectivity index (χ1) is 12.1. The minimum atomic E-state index is -0.116. The fraction of sp³-hybridized carbons (Fsp3) is 0.500. The van der Waals surface area contributed by atoms with E-state index in [-0.39, 0.29) is 11.7 Å². The van der Waals surface area contributed by atoms with Gasteiger partial charge in [0.05, 0.1) is 0 Å². The Bertz CT molecular complexity index is 618. The summed E-state index contributed by atoms with van der Waals surface area (Å²) in [6.07, 6.45) is 7.52. The molecule has 1 heterocycles. The van der Waals surface area contributed by atoms with Gasteiger partial charge in [0.15, 0.2) is 0 Å². The van der Waals surface area contributed by atoms with E-state index in [1.54, 1.807) is 0 Å². The molecule has 25 heavy (non-hydrogen) atoms. The van der Waals surface area contributed by atoms with Crippen LogP contribution in [0.3, 0.4) is 0 Å². The lowest BCUT2D eigenvalue weighted by Crippen LogP contribution is -2.32. The summed E-state index contributed by atoms with van der Waals surface area (Å²) < 4.78 is 0. The number of nitrogens with zero attached hydrogens (tertiary/aromatic N) is 1. The van der Waals surface area contributed by atoms with Crippen molar-refractivity contribution in [3.05, 3.63) is 41.5 Å². The van der Waals surface area contributed by atoms with E-state index in [9.17, 15) is 4.79 Å². The molecule has 0 saturated carbocycles. The molecule has 0 aliphatic carbocycles. The van der Waals surface area contributed by atoms with Gasteiger partial charge in [-0.1, -0.05) is 37.6 Å². The zero-order chi connectivity index (χ0) is 18.1. The predicted molar refractivity (Wildman–Crippen MR) is 103 cm³/mol. The van der Waals surface area contributed by atoms with Crippen molar-refractivity contribution in [2.24, 2.45) is 5.73 Å². The van der Waals surface area contributed by atoms with Crippen LogP contribution in [0.1, 0.15) is 50.2 Å². The van der Waals surface area contributed by atoms with Gasteiger partial charge in [0.25, 0.3) is 0 Å². The van der Waals surface area contributed by atoms with Gasteiger partial charge in [-0.15, -0.1) is 0 Å². The lowest BCUT2D eigenvalue weighted by atomic mass is 10.0. The fourth-order valence-electron chi connectivity index (χ4n) is 3.24. The number of nitrogens with one attached hydrogen (secondary N) is 2. The fourth-order valence-corrected chi connectivity index (χ4v) is 3.24. The number of rotatable bonds is 7. The highest BCUT2D eigenvalue weighted by Gasteiger charge is 2.11. The lowest BCUT2D eigenvalue weighted by molar-refractivity contribution is -0.119. The molecule has 4 N–H and O–H groups in total. The summed E-state index contributed by atoms with van der Waals surface area (Å²) in [4.78, 5) is 14.4. The van der Waals surface area contributed by atoms with Crippen LogP contribution in [0.2, 0.25) is 0 Å². The molecule has 0 radical (unpaired) electrons. The Morgan fingerprint density at radius 1 is 1.28 bits per heavy atom. The summed E-state index contributed by atoms with van der Waals surface area (Å²) in [5.41, 5.74) is 8.68. The van der Waals surface area contributed by atoms with Crippen molar-refractivity contribution in [2.75, 3.05) is 19.6 Å². The smallest absolute Gasteiger partial charge is 0.225 e. The van der Waals surface area contributed by atoms with Gasteiger partial charge in [-0.3, -0.25) is 10.2 Å². The Morgan fingerprint density at radius 2 is 2.00 bits per heavy atom. The molecule has 1 amide bonds. The van der Waals surface area contributed by atoms with Gasteiger partial charge in [0.1, 0.15) is 5.84 Å². The summed E-state index contributed by atoms with van der Waals surface area (Å²) >= 11 is 0. The van der Waals surface area contributed by atoms with Crippen LogP contribution in [0.5, 0.6) is 0 Å². The molecule has 0 atom stereocenters. The molecule has 1 aliphatic rings. The first-order valence-electron chi connectivity index (χ1n) is 9.26. The molecule has 5 heteroatoms. The first-order valence-corrected chi connectivity index (χ1v) is 9.26. The Balaban J connectivity index is 1.79. The van der Waals surface area contributed by atoms with Crippen LogP contribution in [0.4, 0.5) is 0 Å². The highest BCUT2D eigenvalue weighted by molar-refractivity contribution is 6.05. The average Bonchev–Trinajstić information content (AvgIpc) is 2.62. The predicted octanol–water partition coefficient (Wildman–Crippen LogP) is 2.91. The van der Waals surface area contributed by atoms with Crippen molar-refractivity contribution in [3.63, 3.8) is 0 Å². The molecule has 1 aliphatic heterocycles. The molecule has 1 fully saturated rings. The standard InChI is InChI=1S/C20H30N4O/c1-2-16-9-4-5-10-17(16)18(21)15-19(22)23-20(25)11-8-14-24-12-6-3-7-13-24/h4-5,9-10,15H,2-3,6-8,11-14,21H2,1H3,(H2,22,23,25). The summed E-state index contributed by atoms with van der Waals surface area (Å²) in [7, 11) is 0. The van der Waals surface area contributed by atoms with Crippen LogP contribution in [-0.2, 0) is 11.2 Å². The van der Waals surface area contributed by atoms with E-state index in [1.165, 1.54) is 25.3 Å². The second-order valence-corrected chi connectivity index (χ2v) is 6.58. The maximum absolute atomic E-state index is 12.0. The third kappa shape index (κ3) is 6.35. The third-order valence-electron chi connectivity index (χ3n) is 4.61. The van der Waals surface area contributed by atoms with Crippen LogP contribution in [-0.4, -0.2) is 36.3 Å². The molecule has 0 spiro atoms. The highest BCUT2D eigenvalue weighted by Crippen LogP contribution is 2.15. The van der Waals surface area contributed by atoms with E-state index in [4.69, 9.17) is 11.1 Å². The molecular formula is C20H30N4O. The van der Waals surface area contributed by atoms with Gasteiger partial charge in [-0.25, -0.2) is 0 Å². The molecule has 0 bridgehead atoms. The Kier molecular flexibility index (Phi) is 7.67. The topological polar surface area (TPSA) is 82.2 Å². The molecule has 1 aromatic carbocycles. The summed E-state index contributed by atoms with van der Waals surface area (Å²) in [6, 6.07) is 7.88. The number of carbonyl (C=O) groups excluding carboxylic acids is 1. The van der Waals surface area contributed by atoms with Gasteiger partial charge in [-0.2, -0.15) is 0 Å². The summed E-state index contributed by atoms with van der Waals surface area (Å²) in [6.45, 7) is 5.32. The van der Waals surface area contributed by atoms with E-state index in [0.29, 0.717) is 12.1 Å². The van der Waals surface area contributed by atoms with E-state index in [2.05, 4.69) is 17.1 Å². The van der Waals surface area contributed by atoms with Crippen LogP contribution in [0.15, 0.2) is 30.3 Å². The SMILES string of the molecule is CCc1ccccc1C(N)=CC(=N)NC(=O)CCCN1CCCCC1. The molecule has 5 nitrogen and oxygen atoms in total. The van der Waals surface area contributed by atoms with Crippen molar-refractivity contribution in [1.82, 2.24) is 10.2 Å². The number of amides is 1. The van der Waals surface area contributed by atoms with Crippen LogP contribution in [0, 0.1) is 5.41 Å². The van der Waals surface area contributed by atoms with Crippen molar-refractivity contribution in [1.29, 1.82) is 5.41 Å². The zero-order valence-electron chi connectivity index (χ0n) is 15.2. The lowest BCUT2D eigenvalue weighted by Gasteiger charge is -2.26. The molecule has 1 saturated heterocycles. The van der Waals surface area contributed by atoms with Gasteiger partial charge < -0.3 is 16.0 Å². The number of likely N-dealkylation sites (tertiary alicyclic amines) is 1. The van der Waals surface area contributed by atoms with E-state index >= 15 is 0 Å². The normalized spacial score (nSPS) is 15.8. The summed E-state index contributed by atoms with van der Waals surface area (Å²) in [5.74, 6) is -0.0683. The van der Waals surface area contributed by atoms with Crippen LogP contribution in [0.25, 0.3) is 5.70 Å². The van der Waals surface area contributed by atoms with E-state index < -0.39 is 0 Å². The summed E-state index contributed by atoms with van der Waals surface area (Å²) in [5, 5.41) is 10.6. The molecule has 2 rings (SSSR count). The number of benzene rings is 1. The van der Waals surface area contributed by atoms with Crippen LogP contribution < -0.4 is 11.1 Å². The minimum absolute atomic E-state index is 0.0476. The van der Waals surface area contributed by atoms with Gasteiger partial charge in [0.2, 0.25) is 5.91 Å². The van der Waals surface area contributed by atoms with E-state index in [0.717, 1.165) is 43.6 Å². The average molecular weight is 342 g/mol. The number of nitrogens with two attached hydrogens (primary N) is 1. The third-order valence-corrected chi connectivity index (χ3v) is 4.61. The highest BCUT2D eigenvalue weighted by atomic mass is 16.1. The van der Waals surface area contributed by atoms with Gasteiger partial charge >= 0.3 is 0 Å². The number of hydrogen-bond donors (Lipinski definition) is 3. The molecule has 136 valence electrons. The van der Waals surface area contributed by atoms with Crippen LogP contribution >= 0.6 is 0 Å². The number of aryl methyl sites for hydroxylation is 1. The molecule has 0 unspecified atom stereocenters. The maximum Gasteiger partial charge on any atom is 0.225 e. The molecular weight excluding hydrogens is 312 g/mol. The first kappa shape index (κ1) is 19.2.